The number of halogens is 1. The monoisotopic (exact) mass is 496 g/mol. The highest BCUT2D eigenvalue weighted by molar-refractivity contribution is 14.0. The Balaban J connectivity index is 0.00000364. The number of hydrogen-bond acceptors (Lipinski definition) is 5. The third kappa shape index (κ3) is 8.51. The molecule has 0 radical (unpaired) electrons. The van der Waals surface area contributed by atoms with Crippen molar-refractivity contribution in [3.8, 4) is 0 Å². The van der Waals surface area contributed by atoms with Crippen LogP contribution in [-0.4, -0.2) is 87.4 Å². The van der Waals surface area contributed by atoms with Crippen LogP contribution in [0, 0.1) is 5.92 Å². The number of carbonyl (C=O) groups is 1. The molecule has 1 heterocycles. The van der Waals surface area contributed by atoms with Crippen molar-refractivity contribution >= 4 is 35.9 Å². The molecule has 1 aliphatic heterocycles. The summed E-state index contributed by atoms with van der Waals surface area (Å²) < 4.78 is 10.4. The first-order valence-electron chi connectivity index (χ1n) is 10.1. The molecular formula is C19H37IN4O3. The van der Waals surface area contributed by atoms with Gasteiger partial charge in [-0.25, -0.2) is 0 Å². The molecule has 0 amide bonds. The number of esters is 1. The van der Waals surface area contributed by atoms with Crippen LogP contribution in [0.15, 0.2) is 4.99 Å². The normalized spacial score (nSPS) is 20.4. The Hall–Kier alpha value is -0.610. The Bertz CT molecular complexity index is 460. The van der Waals surface area contributed by atoms with E-state index >= 15 is 0 Å². The van der Waals surface area contributed by atoms with Gasteiger partial charge in [0.1, 0.15) is 0 Å². The van der Waals surface area contributed by atoms with Crippen LogP contribution >= 0.6 is 24.0 Å². The van der Waals surface area contributed by atoms with Crippen molar-refractivity contribution < 1.29 is 14.3 Å². The number of methoxy groups -OCH3 is 1. The molecule has 2 fully saturated rings. The summed E-state index contributed by atoms with van der Waals surface area (Å²) in [6.07, 6.45) is 4.48. The fraction of sp³-hybridized carbons (Fsp3) is 0.895. The van der Waals surface area contributed by atoms with Crippen LogP contribution in [0.2, 0.25) is 0 Å². The molecule has 1 atom stereocenters. The summed E-state index contributed by atoms with van der Waals surface area (Å²) >= 11 is 0. The van der Waals surface area contributed by atoms with E-state index in [1.165, 1.54) is 12.8 Å². The predicted molar refractivity (Wildman–Crippen MR) is 119 cm³/mol. The number of ether oxygens (including phenoxy) is 2. The summed E-state index contributed by atoms with van der Waals surface area (Å²) in [4.78, 5) is 21.6. The summed E-state index contributed by atoms with van der Waals surface area (Å²) in [6, 6.07) is 0.714. The lowest BCUT2D eigenvalue weighted by Crippen LogP contribution is -2.48. The van der Waals surface area contributed by atoms with Gasteiger partial charge >= 0.3 is 5.97 Å². The van der Waals surface area contributed by atoms with Gasteiger partial charge in [0, 0.05) is 45.9 Å². The second kappa shape index (κ2) is 13.5. The van der Waals surface area contributed by atoms with E-state index in [9.17, 15) is 4.79 Å². The molecule has 8 heteroatoms. The number of piperidine rings is 1. The van der Waals surface area contributed by atoms with Crippen LogP contribution in [0.5, 0.6) is 0 Å². The van der Waals surface area contributed by atoms with E-state index in [0.717, 1.165) is 58.1 Å². The maximum absolute atomic E-state index is 12.1. The summed E-state index contributed by atoms with van der Waals surface area (Å²) in [6.45, 7) is 10.3. The summed E-state index contributed by atoms with van der Waals surface area (Å²) in [7, 11) is 1.75. The SMILES string of the molecule is CCNC(=NCCN(CCOC)C1CC1)N1CCCC(C(=O)OCC)C1.I. The molecule has 0 aromatic rings. The van der Waals surface area contributed by atoms with Crippen LogP contribution in [0.3, 0.4) is 0 Å². The zero-order valence-corrected chi connectivity index (χ0v) is 19.4. The molecule has 1 N–H and O–H groups in total. The van der Waals surface area contributed by atoms with E-state index in [4.69, 9.17) is 14.5 Å². The molecule has 0 aromatic heterocycles. The fourth-order valence-electron chi connectivity index (χ4n) is 3.46. The van der Waals surface area contributed by atoms with Crippen molar-refractivity contribution in [3.05, 3.63) is 0 Å². The molecule has 0 spiro atoms. The van der Waals surface area contributed by atoms with Gasteiger partial charge in [-0.15, -0.1) is 24.0 Å². The summed E-state index contributed by atoms with van der Waals surface area (Å²) in [5, 5.41) is 3.39. The van der Waals surface area contributed by atoms with Crippen molar-refractivity contribution in [3.63, 3.8) is 0 Å². The first kappa shape index (κ1) is 24.4. The highest BCUT2D eigenvalue weighted by Crippen LogP contribution is 2.26. The number of carbonyl (C=O) groups excluding carboxylic acids is 1. The molecular weight excluding hydrogens is 459 g/mol. The van der Waals surface area contributed by atoms with Crippen molar-refractivity contribution in [1.82, 2.24) is 15.1 Å². The zero-order chi connectivity index (χ0) is 18.8. The molecule has 27 heavy (non-hydrogen) atoms. The highest BCUT2D eigenvalue weighted by atomic mass is 127. The molecule has 2 rings (SSSR count). The first-order valence-corrected chi connectivity index (χ1v) is 10.1. The average molecular weight is 496 g/mol. The number of likely N-dealkylation sites (tertiary alicyclic amines) is 1. The second-order valence-corrected chi connectivity index (χ2v) is 7.03. The maximum atomic E-state index is 12.1. The number of rotatable bonds is 10. The Morgan fingerprint density at radius 1 is 1.26 bits per heavy atom. The van der Waals surface area contributed by atoms with E-state index in [-0.39, 0.29) is 35.9 Å². The number of hydrogen-bond donors (Lipinski definition) is 1. The average Bonchev–Trinajstić information content (AvgIpc) is 3.49. The van der Waals surface area contributed by atoms with Gasteiger partial charge in [0.25, 0.3) is 0 Å². The Kier molecular flexibility index (Phi) is 12.3. The fourth-order valence-corrected chi connectivity index (χ4v) is 3.46. The lowest BCUT2D eigenvalue weighted by atomic mass is 9.98. The molecule has 7 nitrogen and oxygen atoms in total. The van der Waals surface area contributed by atoms with E-state index in [1.54, 1.807) is 7.11 Å². The van der Waals surface area contributed by atoms with Gasteiger partial charge in [-0.3, -0.25) is 14.7 Å². The van der Waals surface area contributed by atoms with Crippen molar-refractivity contribution in [2.24, 2.45) is 10.9 Å². The van der Waals surface area contributed by atoms with E-state index in [2.05, 4.69) is 22.0 Å². The van der Waals surface area contributed by atoms with Crippen LogP contribution in [0.1, 0.15) is 39.5 Å². The predicted octanol–water partition coefficient (Wildman–Crippen LogP) is 1.96. The minimum absolute atomic E-state index is 0. The number of guanidine groups is 1. The quantitative estimate of drug-likeness (QED) is 0.216. The molecule has 1 aliphatic carbocycles. The topological polar surface area (TPSA) is 66.4 Å². The van der Waals surface area contributed by atoms with Gasteiger partial charge in [0.15, 0.2) is 5.96 Å². The van der Waals surface area contributed by atoms with Gasteiger partial charge in [-0.1, -0.05) is 0 Å². The van der Waals surface area contributed by atoms with Crippen molar-refractivity contribution in [2.75, 3.05) is 59.6 Å². The van der Waals surface area contributed by atoms with E-state index in [0.29, 0.717) is 19.2 Å². The molecule has 0 aromatic carbocycles. The molecule has 0 bridgehead atoms. The number of aliphatic imine (C=N–C) groups is 1. The Morgan fingerprint density at radius 2 is 2.04 bits per heavy atom. The number of nitrogens with one attached hydrogen (secondary N) is 1. The highest BCUT2D eigenvalue weighted by Gasteiger charge is 2.29. The zero-order valence-electron chi connectivity index (χ0n) is 17.1. The van der Waals surface area contributed by atoms with Gasteiger partial charge in [0.05, 0.1) is 25.7 Å². The summed E-state index contributed by atoms with van der Waals surface area (Å²) in [5.74, 6) is 0.800. The lowest BCUT2D eigenvalue weighted by molar-refractivity contribution is -0.149. The Morgan fingerprint density at radius 3 is 2.67 bits per heavy atom. The van der Waals surface area contributed by atoms with E-state index < -0.39 is 0 Å². The number of nitrogens with zero attached hydrogens (tertiary/aromatic N) is 3. The van der Waals surface area contributed by atoms with Crippen LogP contribution in [0.25, 0.3) is 0 Å². The van der Waals surface area contributed by atoms with Gasteiger partial charge < -0.3 is 19.7 Å². The van der Waals surface area contributed by atoms with Crippen LogP contribution < -0.4 is 5.32 Å². The minimum atomic E-state index is -0.0764. The molecule has 1 saturated carbocycles. The molecule has 1 saturated heterocycles. The Labute approximate surface area is 181 Å². The standard InChI is InChI=1S/C19H36N4O3.HI/c1-4-20-19(21-10-12-22(13-14-25-3)17-8-9-17)23-11-6-7-16(15-23)18(24)26-5-2;/h16-17H,4-15H2,1-3H3,(H,20,21);1H. The molecule has 2 aliphatic rings. The lowest BCUT2D eigenvalue weighted by Gasteiger charge is -2.34. The smallest absolute Gasteiger partial charge is 0.310 e. The van der Waals surface area contributed by atoms with Gasteiger partial charge in [-0.05, 0) is 39.5 Å². The van der Waals surface area contributed by atoms with Crippen LogP contribution in [0.4, 0.5) is 0 Å². The molecule has 1 unspecified atom stereocenters. The minimum Gasteiger partial charge on any atom is -0.466 e. The first-order chi connectivity index (χ1) is 12.7. The van der Waals surface area contributed by atoms with E-state index in [1.807, 2.05) is 6.92 Å². The van der Waals surface area contributed by atoms with Gasteiger partial charge in [-0.2, -0.15) is 0 Å². The molecule has 158 valence electrons. The largest absolute Gasteiger partial charge is 0.466 e. The van der Waals surface area contributed by atoms with Crippen molar-refractivity contribution in [1.29, 1.82) is 0 Å². The van der Waals surface area contributed by atoms with Crippen molar-refractivity contribution in [2.45, 2.75) is 45.6 Å². The second-order valence-electron chi connectivity index (χ2n) is 7.03. The third-order valence-electron chi connectivity index (χ3n) is 4.97. The van der Waals surface area contributed by atoms with Crippen LogP contribution in [-0.2, 0) is 14.3 Å². The third-order valence-corrected chi connectivity index (χ3v) is 4.97. The maximum Gasteiger partial charge on any atom is 0.310 e. The van der Waals surface area contributed by atoms with Gasteiger partial charge in [0.2, 0.25) is 0 Å². The summed E-state index contributed by atoms with van der Waals surface area (Å²) in [5.41, 5.74) is 0.